The standard InChI is InChI=1S/C9H20O9SSe/c10-1-7(18-19(15,16)17)5(12)3-20-4-6(13)9(14)8(20)2-11/h5-14H,1-4H2,(H2-,15,16,17)/p+1/t5-,6-,7?,8-,9+,20?/m1/s1. The van der Waals surface area contributed by atoms with Crippen molar-refractivity contribution in [3.63, 3.8) is 0 Å². The van der Waals surface area contributed by atoms with Crippen LogP contribution in [0.4, 0.5) is 0 Å². The predicted octanol–water partition coefficient (Wildman–Crippen LogP) is -1.54. The van der Waals surface area contributed by atoms with Crippen LogP contribution in [0.1, 0.15) is 0 Å². The van der Waals surface area contributed by atoms with Crippen LogP contribution in [0.3, 0.4) is 0 Å². The van der Waals surface area contributed by atoms with Gasteiger partial charge in [-0.05, 0) is 0 Å². The van der Waals surface area contributed by atoms with Crippen molar-refractivity contribution in [2.75, 3.05) is 13.2 Å². The summed E-state index contributed by atoms with van der Waals surface area (Å²) < 4.78 is 30.6. The molecule has 0 radical (unpaired) electrons. The zero-order valence-corrected chi connectivity index (χ0v) is 13.0. The molecule has 11 heteroatoms. The molecule has 1 saturated heterocycles. The molecule has 6 atom stereocenters. The number of hydrogen-bond donors (Lipinski definition) is 8. The number of aliphatic hydroxyl groups is 5. The van der Waals surface area contributed by atoms with Gasteiger partial charge in [-0.1, -0.05) is 0 Å². The van der Waals surface area contributed by atoms with Gasteiger partial charge < -0.3 is 0 Å². The summed E-state index contributed by atoms with van der Waals surface area (Å²) in [6.07, 6.45) is -4.72. The van der Waals surface area contributed by atoms with Gasteiger partial charge in [0.2, 0.25) is 0 Å². The fourth-order valence-corrected chi connectivity index (χ4v) is 8.20. The average molecular weight is 384 g/mol. The Bertz CT molecular complexity index is 302. The Balaban J connectivity index is 2.62. The Morgan fingerprint density at radius 1 is 1.20 bits per heavy atom. The van der Waals surface area contributed by atoms with E-state index >= 15 is 0 Å². The summed E-state index contributed by atoms with van der Waals surface area (Å²) in [6.45, 7) is -1.07. The van der Waals surface area contributed by atoms with Crippen LogP contribution in [0.15, 0.2) is 0 Å². The summed E-state index contributed by atoms with van der Waals surface area (Å²) in [7, 11) is 0. The van der Waals surface area contributed by atoms with Gasteiger partial charge in [0.05, 0.1) is 0 Å². The van der Waals surface area contributed by atoms with E-state index < -0.39 is 60.9 Å². The third-order valence-corrected chi connectivity index (χ3v) is 9.44. The van der Waals surface area contributed by atoms with Gasteiger partial charge in [-0.25, -0.2) is 0 Å². The first-order chi connectivity index (χ1) is 9.19. The molecule has 0 aromatic carbocycles. The second kappa shape index (κ2) is 7.68. The van der Waals surface area contributed by atoms with Gasteiger partial charge in [0.15, 0.2) is 0 Å². The SMILES string of the molecule is OCC(OS(O)(O)O)[C@H](O)C[Se+]1C[C@@H](O)[C@H](O)[C@H]1CO. The Morgan fingerprint density at radius 3 is 2.25 bits per heavy atom. The summed E-state index contributed by atoms with van der Waals surface area (Å²) in [6, 6.07) is 0. The predicted molar refractivity (Wildman–Crippen MR) is 71.7 cm³/mol. The van der Waals surface area contributed by atoms with E-state index in [1.807, 2.05) is 0 Å². The van der Waals surface area contributed by atoms with Crippen molar-refractivity contribution in [3.8, 4) is 0 Å². The molecule has 8 N–H and O–H groups in total. The molecule has 0 saturated carbocycles. The molecule has 0 aromatic rings. The summed E-state index contributed by atoms with van der Waals surface area (Å²) in [5.41, 5.74) is 0. The second-order valence-corrected chi connectivity index (χ2v) is 10.6. The molecule has 1 rings (SSSR count). The molecule has 0 spiro atoms. The van der Waals surface area contributed by atoms with Crippen molar-refractivity contribution in [1.29, 1.82) is 0 Å². The van der Waals surface area contributed by atoms with Gasteiger partial charge in [-0.3, -0.25) is 0 Å². The van der Waals surface area contributed by atoms with Crippen molar-refractivity contribution < 1.29 is 43.4 Å². The van der Waals surface area contributed by atoms with Gasteiger partial charge >= 0.3 is 122 Å². The van der Waals surface area contributed by atoms with Crippen LogP contribution < -0.4 is 0 Å². The first-order valence-corrected chi connectivity index (χ1v) is 10.6. The van der Waals surface area contributed by atoms with Crippen LogP contribution in [0, 0.1) is 0 Å². The van der Waals surface area contributed by atoms with Crippen LogP contribution in [0.5, 0.6) is 0 Å². The van der Waals surface area contributed by atoms with Crippen LogP contribution in [-0.2, 0) is 4.18 Å². The molecule has 9 nitrogen and oxygen atoms in total. The molecule has 20 heavy (non-hydrogen) atoms. The molecule has 1 aliphatic heterocycles. The molecular formula is C9H21O9SSe+. The summed E-state index contributed by atoms with van der Waals surface area (Å²) in [4.78, 5) is -0.506. The van der Waals surface area contributed by atoms with Crippen LogP contribution in [-0.4, -0.2) is 90.7 Å². The topological polar surface area (TPSA) is 171 Å². The number of aliphatic hydroxyl groups excluding tert-OH is 5. The molecule has 0 amide bonds. The van der Waals surface area contributed by atoms with Gasteiger partial charge in [-0.2, -0.15) is 0 Å². The van der Waals surface area contributed by atoms with E-state index in [-0.39, 0.29) is 17.2 Å². The van der Waals surface area contributed by atoms with Crippen molar-refractivity contribution in [3.05, 3.63) is 0 Å². The molecule has 122 valence electrons. The zero-order valence-electron chi connectivity index (χ0n) is 10.5. The van der Waals surface area contributed by atoms with Gasteiger partial charge in [0, 0.05) is 0 Å². The van der Waals surface area contributed by atoms with Gasteiger partial charge in [-0.15, -0.1) is 0 Å². The van der Waals surface area contributed by atoms with E-state index in [1.54, 1.807) is 0 Å². The fraction of sp³-hybridized carbons (Fsp3) is 1.00. The minimum atomic E-state index is -4.31. The van der Waals surface area contributed by atoms with E-state index in [9.17, 15) is 20.4 Å². The van der Waals surface area contributed by atoms with Crippen molar-refractivity contribution in [1.82, 2.24) is 0 Å². The zero-order chi connectivity index (χ0) is 15.5. The monoisotopic (exact) mass is 385 g/mol. The Hall–Kier alpha value is 0.509. The maximum atomic E-state index is 9.90. The van der Waals surface area contributed by atoms with Gasteiger partial charge in [0.1, 0.15) is 0 Å². The van der Waals surface area contributed by atoms with Crippen LogP contribution in [0.2, 0.25) is 15.5 Å². The van der Waals surface area contributed by atoms with E-state index in [4.69, 9.17) is 18.8 Å². The average Bonchev–Trinajstić information content (AvgIpc) is 2.60. The second-order valence-electron chi connectivity index (χ2n) is 4.50. The number of rotatable bonds is 7. The minimum absolute atomic E-state index is 0.0695. The van der Waals surface area contributed by atoms with Crippen molar-refractivity contribution >= 4 is 25.1 Å². The number of hydrogen-bond acceptors (Lipinski definition) is 9. The Morgan fingerprint density at radius 2 is 1.80 bits per heavy atom. The van der Waals surface area contributed by atoms with E-state index in [2.05, 4.69) is 4.18 Å². The van der Waals surface area contributed by atoms with E-state index in [1.165, 1.54) is 0 Å². The molecule has 1 aliphatic rings. The van der Waals surface area contributed by atoms with Crippen LogP contribution >= 0.6 is 11.2 Å². The summed E-state index contributed by atoms with van der Waals surface area (Å²) >= 11 is -6.09. The molecule has 0 aliphatic carbocycles. The van der Waals surface area contributed by atoms with E-state index in [0.29, 0.717) is 0 Å². The van der Waals surface area contributed by atoms with E-state index in [0.717, 1.165) is 0 Å². The third kappa shape index (κ3) is 5.05. The molecule has 1 fully saturated rings. The van der Waals surface area contributed by atoms with Crippen molar-refractivity contribution in [2.45, 2.75) is 39.9 Å². The summed E-state index contributed by atoms with van der Waals surface area (Å²) in [5, 5.41) is 47.7. The maximum absolute atomic E-state index is 9.90. The first-order valence-electron chi connectivity index (χ1n) is 5.80. The molecular weight excluding hydrogens is 363 g/mol. The molecule has 0 bridgehead atoms. The normalized spacial score (nSPS) is 35.0. The summed E-state index contributed by atoms with van der Waals surface area (Å²) in [5.74, 6) is 0. The van der Waals surface area contributed by atoms with Crippen LogP contribution in [0.25, 0.3) is 0 Å². The fourth-order valence-electron chi connectivity index (χ4n) is 2.00. The third-order valence-electron chi connectivity index (χ3n) is 3.01. The molecule has 1 heterocycles. The molecule has 2 unspecified atom stereocenters. The quantitative estimate of drug-likeness (QED) is 0.242. The Labute approximate surface area is 122 Å². The Kier molecular flexibility index (Phi) is 7.12. The molecule has 0 aromatic heterocycles. The van der Waals surface area contributed by atoms with Gasteiger partial charge in [0.25, 0.3) is 0 Å². The van der Waals surface area contributed by atoms with Crippen molar-refractivity contribution in [2.24, 2.45) is 0 Å². The first kappa shape index (κ1) is 18.6.